The molecule has 41 heavy (non-hydrogen) atoms. The number of hydrogen-bond acceptors (Lipinski definition) is 6. The van der Waals surface area contributed by atoms with Crippen LogP contribution in [0.3, 0.4) is 0 Å². The van der Waals surface area contributed by atoms with E-state index in [1.165, 1.54) is 30.1 Å². The summed E-state index contributed by atoms with van der Waals surface area (Å²) in [6.07, 6.45) is 5.66. The Labute approximate surface area is 239 Å². The van der Waals surface area contributed by atoms with Crippen LogP contribution in [0.25, 0.3) is 16.9 Å². The van der Waals surface area contributed by atoms with Gasteiger partial charge < -0.3 is 26.7 Å². The van der Waals surface area contributed by atoms with E-state index >= 15 is 0 Å². The van der Waals surface area contributed by atoms with Gasteiger partial charge in [0, 0.05) is 37.1 Å². The predicted octanol–water partition coefficient (Wildman–Crippen LogP) is 3.58. The van der Waals surface area contributed by atoms with Crippen LogP contribution in [0.5, 0.6) is 5.75 Å². The number of phenolic OH excluding ortho intramolecular Hbond substituents is 1. The maximum Gasteiger partial charge on any atom is 0.240 e. The summed E-state index contributed by atoms with van der Waals surface area (Å²) in [4.78, 5) is 24.5. The Kier molecular flexibility index (Phi) is 8.91. The molecule has 2 aromatic carbocycles. The number of aromatic nitrogens is 3. The number of benzene rings is 2. The molecule has 10 nitrogen and oxygen atoms in total. The third-order valence-corrected chi connectivity index (χ3v) is 6.74. The Morgan fingerprint density at radius 3 is 2.32 bits per heavy atom. The number of amides is 2. The molecule has 4 rings (SSSR count). The Balaban J connectivity index is 1.41. The van der Waals surface area contributed by atoms with Crippen molar-refractivity contribution in [1.82, 2.24) is 15.1 Å². The maximum absolute atomic E-state index is 12.6. The van der Waals surface area contributed by atoms with Crippen molar-refractivity contribution in [1.29, 1.82) is 0 Å². The summed E-state index contributed by atoms with van der Waals surface area (Å²) in [5, 5.41) is 31.9. The molecule has 1 atom stereocenters. The minimum Gasteiger partial charge on any atom is -0.619 e. The van der Waals surface area contributed by atoms with Crippen molar-refractivity contribution in [2.75, 3.05) is 11.9 Å². The van der Waals surface area contributed by atoms with E-state index in [9.17, 15) is 19.9 Å². The quantitative estimate of drug-likeness (QED) is 0.126. The zero-order valence-corrected chi connectivity index (χ0v) is 23.5. The molecule has 0 spiro atoms. The summed E-state index contributed by atoms with van der Waals surface area (Å²) < 4.78 is 2.51. The molecule has 2 amide bonds. The first-order chi connectivity index (χ1) is 19.5. The zero-order chi connectivity index (χ0) is 29.6. The van der Waals surface area contributed by atoms with Crippen molar-refractivity contribution in [3.05, 3.63) is 95.6 Å². The molecule has 0 aliphatic carbocycles. The summed E-state index contributed by atoms with van der Waals surface area (Å²) in [5.41, 5.74) is 10.6. The fraction of sp³-hybridized carbons (Fsp3) is 0.290. The van der Waals surface area contributed by atoms with Gasteiger partial charge in [-0.1, -0.05) is 45.0 Å². The molecule has 0 unspecified atom stereocenters. The topological polar surface area (TPSA) is 149 Å². The van der Waals surface area contributed by atoms with Gasteiger partial charge in [0.1, 0.15) is 17.5 Å². The Bertz CT molecular complexity index is 1470. The molecule has 4 aromatic rings. The Morgan fingerprint density at radius 1 is 1.05 bits per heavy atom. The van der Waals surface area contributed by atoms with Crippen molar-refractivity contribution < 1.29 is 19.4 Å². The summed E-state index contributed by atoms with van der Waals surface area (Å²) >= 11 is 0. The molecule has 2 heterocycles. The molecule has 0 radical (unpaired) electrons. The number of carbonyl (C=O) groups excluding carboxylic acids is 2. The molecule has 0 saturated heterocycles. The van der Waals surface area contributed by atoms with E-state index in [4.69, 9.17) is 10.8 Å². The minimum absolute atomic E-state index is 0.0353. The number of nitrogens with two attached hydrogens (primary N) is 1. The number of aromatic hydroxyl groups is 1. The van der Waals surface area contributed by atoms with Gasteiger partial charge in [0.15, 0.2) is 12.4 Å². The average molecular weight is 557 g/mol. The number of primary amides is 1. The fourth-order valence-electron chi connectivity index (χ4n) is 4.36. The summed E-state index contributed by atoms with van der Waals surface area (Å²) in [7, 11) is 0. The molecule has 10 heteroatoms. The van der Waals surface area contributed by atoms with Crippen LogP contribution in [-0.4, -0.2) is 39.3 Å². The van der Waals surface area contributed by atoms with Gasteiger partial charge in [-0.05, 0) is 47.2 Å². The van der Waals surface area contributed by atoms with Gasteiger partial charge in [0.2, 0.25) is 11.8 Å². The summed E-state index contributed by atoms with van der Waals surface area (Å²) in [6, 6.07) is 17.2. The zero-order valence-electron chi connectivity index (χ0n) is 23.5. The number of carbonyl (C=O) groups is 2. The van der Waals surface area contributed by atoms with E-state index in [1.54, 1.807) is 28.9 Å². The smallest absolute Gasteiger partial charge is 0.240 e. The standard InChI is InChI=1S/C31H36N6O4/c1-31(2,3)23-8-10-24(11-9-23)37-20-27(29(35-37)22-14-17-36(41)18-15-22)33-16-4-5-28(39)34-26(30(32)40)19-21-6-12-25(38)13-7-21/h6-15,17-18,20,26,33,38H,4-5,16,19H2,1-3H3,(H2,32,40)(H,34,39)/t26-/m0/s1. The maximum atomic E-state index is 12.6. The molecule has 0 saturated carbocycles. The second kappa shape index (κ2) is 12.5. The van der Waals surface area contributed by atoms with Crippen LogP contribution in [0.4, 0.5) is 5.69 Å². The highest BCUT2D eigenvalue weighted by atomic mass is 16.5. The van der Waals surface area contributed by atoms with E-state index in [2.05, 4.69) is 43.5 Å². The lowest BCUT2D eigenvalue weighted by atomic mass is 9.87. The van der Waals surface area contributed by atoms with E-state index in [0.29, 0.717) is 18.7 Å². The van der Waals surface area contributed by atoms with Gasteiger partial charge in [0.05, 0.1) is 17.6 Å². The van der Waals surface area contributed by atoms with Gasteiger partial charge in [-0.2, -0.15) is 9.83 Å². The highest BCUT2D eigenvalue weighted by Gasteiger charge is 2.19. The van der Waals surface area contributed by atoms with Crippen LogP contribution in [0.2, 0.25) is 0 Å². The van der Waals surface area contributed by atoms with Gasteiger partial charge in [-0.25, -0.2) is 4.68 Å². The largest absolute Gasteiger partial charge is 0.619 e. The third-order valence-electron chi connectivity index (χ3n) is 6.74. The number of nitrogens with zero attached hydrogens (tertiary/aromatic N) is 3. The molecule has 2 aromatic heterocycles. The predicted molar refractivity (Wildman–Crippen MR) is 157 cm³/mol. The SMILES string of the molecule is CC(C)(C)c1ccc(-n2cc(NCCCC(=O)N[C@@H](Cc3ccc(O)cc3)C(N)=O)c(-c3cc[n+]([O-])cc3)n2)cc1. The highest BCUT2D eigenvalue weighted by Crippen LogP contribution is 2.28. The van der Waals surface area contributed by atoms with Gasteiger partial charge in [-0.15, -0.1) is 0 Å². The molecular formula is C31H36N6O4. The first-order valence-corrected chi connectivity index (χ1v) is 13.5. The number of hydrogen-bond donors (Lipinski definition) is 4. The van der Waals surface area contributed by atoms with Gasteiger partial charge >= 0.3 is 0 Å². The number of rotatable bonds is 11. The Hall–Kier alpha value is -4.86. The number of nitrogens with one attached hydrogen (secondary N) is 2. The van der Waals surface area contributed by atoms with E-state index < -0.39 is 11.9 Å². The molecule has 214 valence electrons. The Morgan fingerprint density at radius 2 is 1.71 bits per heavy atom. The van der Waals surface area contributed by atoms with E-state index in [0.717, 1.165) is 27.2 Å². The van der Waals surface area contributed by atoms with Crippen molar-refractivity contribution in [2.24, 2.45) is 5.73 Å². The summed E-state index contributed by atoms with van der Waals surface area (Å²) in [5.74, 6) is -0.791. The fourth-order valence-corrected chi connectivity index (χ4v) is 4.36. The van der Waals surface area contributed by atoms with Crippen molar-refractivity contribution in [3.8, 4) is 22.7 Å². The lowest BCUT2D eigenvalue weighted by molar-refractivity contribution is -0.605. The van der Waals surface area contributed by atoms with Crippen molar-refractivity contribution in [3.63, 3.8) is 0 Å². The molecule has 0 fully saturated rings. The molecule has 0 aliphatic heterocycles. The monoisotopic (exact) mass is 556 g/mol. The molecule has 0 bridgehead atoms. The van der Waals surface area contributed by atoms with Gasteiger partial charge in [0.25, 0.3) is 0 Å². The number of phenols is 1. The van der Waals surface area contributed by atoms with Crippen LogP contribution in [0.15, 0.2) is 79.3 Å². The van der Waals surface area contributed by atoms with Crippen LogP contribution in [-0.2, 0) is 21.4 Å². The minimum atomic E-state index is -0.851. The second-order valence-electron chi connectivity index (χ2n) is 11.0. The lowest BCUT2D eigenvalue weighted by Crippen LogP contribution is -2.45. The summed E-state index contributed by atoms with van der Waals surface area (Å²) in [6.45, 7) is 6.97. The highest BCUT2D eigenvalue weighted by molar-refractivity contribution is 5.86. The molecular weight excluding hydrogens is 520 g/mol. The first kappa shape index (κ1) is 29.1. The van der Waals surface area contributed by atoms with Crippen molar-refractivity contribution in [2.45, 2.75) is 51.5 Å². The third kappa shape index (κ3) is 7.84. The lowest BCUT2D eigenvalue weighted by Gasteiger charge is -2.19. The van der Waals surface area contributed by atoms with Crippen molar-refractivity contribution >= 4 is 17.5 Å². The first-order valence-electron chi connectivity index (χ1n) is 13.5. The average Bonchev–Trinajstić information content (AvgIpc) is 3.36. The van der Waals surface area contributed by atoms with E-state index in [1.807, 2.05) is 18.3 Å². The normalized spacial score (nSPS) is 12.1. The molecule has 0 aliphatic rings. The molecule has 5 N–H and O–H groups in total. The van der Waals surface area contributed by atoms with Gasteiger partial charge in [-0.3, -0.25) is 9.59 Å². The number of pyridine rings is 1. The van der Waals surface area contributed by atoms with Crippen LogP contribution in [0.1, 0.15) is 44.7 Å². The van der Waals surface area contributed by atoms with E-state index in [-0.39, 0.29) is 29.9 Å². The number of anilines is 1. The van der Waals surface area contributed by atoms with Crippen LogP contribution in [0, 0.1) is 5.21 Å². The van der Waals surface area contributed by atoms with Crippen LogP contribution < -0.4 is 21.1 Å². The second-order valence-corrected chi connectivity index (χ2v) is 11.0. The van der Waals surface area contributed by atoms with Crippen LogP contribution >= 0.6 is 0 Å².